The van der Waals surface area contributed by atoms with Crippen molar-refractivity contribution in [2.75, 3.05) is 10.6 Å². The molecule has 0 spiro atoms. The van der Waals surface area contributed by atoms with Crippen molar-refractivity contribution in [3.05, 3.63) is 115 Å². The zero-order chi connectivity index (χ0) is 25.9. The van der Waals surface area contributed by atoms with E-state index in [4.69, 9.17) is 0 Å². The predicted molar refractivity (Wildman–Crippen MR) is 155 cm³/mol. The van der Waals surface area contributed by atoms with Crippen molar-refractivity contribution in [3.8, 4) is 5.75 Å². The number of phenolic OH excluding ortho intramolecular Hbond substituents is 1. The maximum atomic E-state index is 9.70. The highest BCUT2D eigenvalue weighted by molar-refractivity contribution is 7.99. The standard InChI is InChI=1S/C31H25N5OS/c1-20-9-15-27-30(35-20)33-19-34-31(27)36-28-17-23(10-16-29(28)38-25-13-11-24(37)12-14-25)32-18-22-7-4-6-21-5-2-3-8-26(21)22/h2-17,19,32,37H,18H2,1H3,(H,33,34,35,36). The number of hydrogen-bond donors (Lipinski definition) is 3. The van der Waals surface area contributed by atoms with Crippen LogP contribution in [0.3, 0.4) is 0 Å². The summed E-state index contributed by atoms with van der Waals surface area (Å²) in [7, 11) is 0. The van der Waals surface area contributed by atoms with Crippen LogP contribution in [0.25, 0.3) is 21.8 Å². The van der Waals surface area contributed by atoms with Crippen molar-refractivity contribution in [1.82, 2.24) is 15.0 Å². The number of fused-ring (bicyclic) bond motifs is 2. The number of aromatic hydroxyl groups is 1. The quantitative estimate of drug-likeness (QED) is 0.201. The molecule has 0 aliphatic rings. The van der Waals surface area contributed by atoms with Gasteiger partial charge in [-0.2, -0.15) is 0 Å². The van der Waals surface area contributed by atoms with Crippen LogP contribution in [-0.2, 0) is 6.54 Å². The van der Waals surface area contributed by atoms with Gasteiger partial charge < -0.3 is 15.7 Å². The van der Waals surface area contributed by atoms with Gasteiger partial charge in [-0.05, 0) is 77.9 Å². The smallest absolute Gasteiger partial charge is 0.164 e. The summed E-state index contributed by atoms with van der Waals surface area (Å²) in [6.07, 6.45) is 1.53. The third kappa shape index (κ3) is 5.10. The number of nitrogens with zero attached hydrogens (tertiary/aromatic N) is 3. The molecule has 0 unspecified atom stereocenters. The molecule has 0 amide bonds. The van der Waals surface area contributed by atoms with Crippen molar-refractivity contribution in [2.45, 2.75) is 23.3 Å². The Labute approximate surface area is 224 Å². The summed E-state index contributed by atoms with van der Waals surface area (Å²) in [5.74, 6) is 0.942. The molecule has 3 N–H and O–H groups in total. The van der Waals surface area contributed by atoms with E-state index >= 15 is 0 Å². The largest absolute Gasteiger partial charge is 0.508 e. The summed E-state index contributed by atoms with van der Waals surface area (Å²) in [5.41, 5.74) is 4.70. The van der Waals surface area contributed by atoms with Gasteiger partial charge in [0, 0.05) is 27.7 Å². The topological polar surface area (TPSA) is 83.0 Å². The first kappa shape index (κ1) is 23.8. The van der Waals surface area contributed by atoms with Crippen LogP contribution in [0, 0.1) is 6.92 Å². The lowest BCUT2D eigenvalue weighted by atomic mass is 10.0. The fraction of sp³-hybridized carbons (Fsp3) is 0.0645. The highest BCUT2D eigenvalue weighted by Crippen LogP contribution is 2.38. The van der Waals surface area contributed by atoms with Crippen molar-refractivity contribution in [2.24, 2.45) is 0 Å². The zero-order valence-corrected chi connectivity index (χ0v) is 21.5. The van der Waals surface area contributed by atoms with Crippen molar-refractivity contribution >= 4 is 50.8 Å². The molecular formula is C31H25N5OS. The first-order valence-corrected chi connectivity index (χ1v) is 13.1. The van der Waals surface area contributed by atoms with Gasteiger partial charge >= 0.3 is 0 Å². The summed E-state index contributed by atoms with van der Waals surface area (Å²) in [6.45, 7) is 2.65. The van der Waals surface area contributed by atoms with Gasteiger partial charge in [0.2, 0.25) is 0 Å². The van der Waals surface area contributed by atoms with Crippen LogP contribution < -0.4 is 10.6 Å². The number of phenols is 1. The van der Waals surface area contributed by atoms with E-state index in [1.165, 1.54) is 22.7 Å². The second-order valence-corrected chi connectivity index (χ2v) is 10.1. The highest BCUT2D eigenvalue weighted by atomic mass is 32.2. The summed E-state index contributed by atoms with van der Waals surface area (Å²) in [4.78, 5) is 15.5. The molecule has 6 rings (SSSR count). The Bertz CT molecular complexity index is 1750. The minimum Gasteiger partial charge on any atom is -0.508 e. The molecule has 0 atom stereocenters. The molecule has 0 fully saturated rings. The predicted octanol–water partition coefficient (Wildman–Crippen LogP) is 7.70. The number of nitrogens with one attached hydrogen (secondary N) is 2. The van der Waals surface area contributed by atoms with E-state index in [9.17, 15) is 5.11 Å². The maximum absolute atomic E-state index is 9.70. The maximum Gasteiger partial charge on any atom is 0.164 e. The number of hydrogen-bond acceptors (Lipinski definition) is 7. The Morgan fingerprint density at radius 2 is 1.66 bits per heavy atom. The molecule has 6 aromatic rings. The Kier molecular flexibility index (Phi) is 6.50. The van der Waals surface area contributed by atoms with E-state index in [1.54, 1.807) is 23.9 Å². The summed E-state index contributed by atoms with van der Waals surface area (Å²) in [5, 5.41) is 20.2. The number of pyridine rings is 1. The molecule has 7 heteroatoms. The number of aromatic nitrogens is 3. The molecule has 4 aromatic carbocycles. The van der Waals surface area contributed by atoms with Crippen LogP contribution in [-0.4, -0.2) is 20.1 Å². The monoisotopic (exact) mass is 515 g/mol. The number of anilines is 3. The SMILES string of the molecule is Cc1ccc2c(Nc3cc(NCc4cccc5ccccc45)ccc3Sc3ccc(O)cc3)ncnc2n1. The fourth-order valence-electron chi connectivity index (χ4n) is 4.38. The molecule has 2 aromatic heterocycles. The van der Waals surface area contributed by atoms with E-state index in [1.807, 2.05) is 31.2 Å². The number of benzene rings is 4. The second-order valence-electron chi connectivity index (χ2n) is 8.97. The molecule has 0 aliphatic heterocycles. The van der Waals surface area contributed by atoms with Gasteiger partial charge in [-0.3, -0.25) is 0 Å². The lowest BCUT2D eigenvalue weighted by Crippen LogP contribution is -2.02. The normalized spacial score (nSPS) is 11.1. The zero-order valence-electron chi connectivity index (χ0n) is 20.7. The molecule has 0 saturated heterocycles. The van der Waals surface area contributed by atoms with Crippen LogP contribution in [0.4, 0.5) is 17.2 Å². The van der Waals surface area contributed by atoms with Crippen LogP contribution in [0.5, 0.6) is 5.75 Å². The summed E-state index contributed by atoms with van der Waals surface area (Å²) >= 11 is 1.61. The first-order valence-electron chi connectivity index (χ1n) is 12.3. The molecule has 0 saturated carbocycles. The molecule has 186 valence electrons. The van der Waals surface area contributed by atoms with E-state index < -0.39 is 0 Å². The summed E-state index contributed by atoms with van der Waals surface area (Å²) < 4.78 is 0. The third-order valence-electron chi connectivity index (χ3n) is 6.30. The van der Waals surface area contributed by atoms with Gasteiger partial charge in [-0.25, -0.2) is 15.0 Å². The van der Waals surface area contributed by atoms with Gasteiger partial charge in [0.1, 0.15) is 17.9 Å². The van der Waals surface area contributed by atoms with Crippen molar-refractivity contribution in [3.63, 3.8) is 0 Å². The average Bonchev–Trinajstić information content (AvgIpc) is 2.94. The first-order chi connectivity index (χ1) is 18.6. The van der Waals surface area contributed by atoms with E-state index in [-0.39, 0.29) is 5.75 Å². The Hall–Kier alpha value is -4.62. The highest BCUT2D eigenvalue weighted by Gasteiger charge is 2.11. The molecule has 0 radical (unpaired) electrons. The number of aryl methyl sites for hydroxylation is 1. The lowest BCUT2D eigenvalue weighted by molar-refractivity contribution is 0.475. The Morgan fingerprint density at radius 1 is 0.816 bits per heavy atom. The molecule has 0 aliphatic carbocycles. The minimum atomic E-state index is 0.246. The van der Waals surface area contributed by atoms with Gasteiger partial charge in [0.05, 0.1) is 11.1 Å². The fourth-order valence-corrected chi connectivity index (χ4v) is 5.26. The van der Waals surface area contributed by atoms with Crippen molar-refractivity contribution in [1.29, 1.82) is 0 Å². The molecule has 0 bridgehead atoms. The van der Waals surface area contributed by atoms with E-state index in [2.05, 4.69) is 86.2 Å². The van der Waals surface area contributed by atoms with Gasteiger partial charge in [0.25, 0.3) is 0 Å². The minimum absolute atomic E-state index is 0.246. The van der Waals surface area contributed by atoms with Gasteiger partial charge in [0.15, 0.2) is 5.65 Å². The molecular weight excluding hydrogens is 490 g/mol. The summed E-state index contributed by atoms with van der Waals surface area (Å²) in [6, 6.07) is 32.3. The Morgan fingerprint density at radius 3 is 2.55 bits per heavy atom. The number of rotatable bonds is 7. The molecule has 2 heterocycles. The van der Waals surface area contributed by atoms with Gasteiger partial charge in [-0.15, -0.1) is 0 Å². The van der Waals surface area contributed by atoms with Crippen molar-refractivity contribution < 1.29 is 5.11 Å². The Balaban J connectivity index is 1.34. The molecule has 38 heavy (non-hydrogen) atoms. The lowest BCUT2D eigenvalue weighted by Gasteiger charge is -2.16. The van der Waals surface area contributed by atoms with E-state index in [0.717, 1.165) is 32.2 Å². The van der Waals surface area contributed by atoms with E-state index in [0.29, 0.717) is 18.0 Å². The third-order valence-corrected chi connectivity index (χ3v) is 7.38. The molecule has 6 nitrogen and oxygen atoms in total. The van der Waals surface area contributed by atoms with Crippen LogP contribution in [0.15, 0.2) is 113 Å². The van der Waals surface area contributed by atoms with Crippen LogP contribution in [0.1, 0.15) is 11.3 Å². The van der Waals surface area contributed by atoms with Crippen LogP contribution in [0.2, 0.25) is 0 Å². The average molecular weight is 516 g/mol. The van der Waals surface area contributed by atoms with Crippen LogP contribution >= 0.6 is 11.8 Å². The second kappa shape index (κ2) is 10.4. The van der Waals surface area contributed by atoms with Gasteiger partial charge in [-0.1, -0.05) is 54.2 Å².